The second kappa shape index (κ2) is 7.88. The van der Waals surface area contributed by atoms with Crippen molar-refractivity contribution in [2.45, 2.75) is 70.8 Å². The molecular weight excluding hydrogens is 236 g/mol. The number of carbonyl (C=O) groups is 1. The fourth-order valence-corrected chi connectivity index (χ4v) is 3.63. The Morgan fingerprint density at radius 1 is 1.11 bits per heavy atom. The first-order valence-electron chi connectivity index (χ1n) is 8.31. The Morgan fingerprint density at radius 2 is 1.79 bits per heavy atom. The Hall–Kier alpha value is -0.570. The number of hydrogen-bond acceptors (Lipinski definition) is 2. The first-order valence-corrected chi connectivity index (χ1v) is 8.31. The quantitative estimate of drug-likeness (QED) is 0.830. The van der Waals surface area contributed by atoms with Gasteiger partial charge in [-0.2, -0.15) is 0 Å². The lowest BCUT2D eigenvalue weighted by molar-refractivity contribution is -0.135. The van der Waals surface area contributed by atoms with Gasteiger partial charge in [-0.25, -0.2) is 0 Å². The summed E-state index contributed by atoms with van der Waals surface area (Å²) in [6.45, 7) is 5.28. The van der Waals surface area contributed by atoms with Gasteiger partial charge in [-0.05, 0) is 51.1 Å². The first kappa shape index (κ1) is 14.8. The molecular formula is C16H30N2O. The Bertz CT molecular complexity index is 268. The predicted octanol–water partition coefficient (Wildman–Crippen LogP) is 2.95. The molecule has 1 saturated heterocycles. The number of carbonyl (C=O) groups excluding carboxylic acids is 1. The molecule has 2 aliphatic rings. The summed E-state index contributed by atoms with van der Waals surface area (Å²) in [5, 5.41) is 3.39. The van der Waals surface area contributed by atoms with Crippen LogP contribution in [0.2, 0.25) is 0 Å². The molecule has 3 heteroatoms. The van der Waals surface area contributed by atoms with Crippen LogP contribution in [0.5, 0.6) is 0 Å². The second-order valence-corrected chi connectivity index (χ2v) is 6.28. The minimum atomic E-state index is 0.431. The largest absolute Gasteiger partial charge is 0.340 e. The van der Waals surface area contributed by atoms with Crippen LogP contribution >= 0.6 is 0 Å². The van der Waals surface area contributed by atoms with Crippen LogP contribution < -0.4 is 5.32 Å². The Kier molecular flexibility index (Phi) is 6.15. The number of rotatable bonds is 5. The van der Waals surface area contributed by atoms with Gasteiger partial charge in [0.1, 0.15) is 0 Å². The fourth-order valence-electron chi connectivity index (χ4n) is 3.63. The van der Waals surface area contributed by atoms with E-state index in [1.54, 1.807) is 0 Å². The van der Waals surface area contributed by atoms with Crippen molar-refractivity contribution >= 4 is 5.91 Å². The van der Waals surface area contributed by atoms with Crippen molar-refractivity contribution < 1.29 is 4.79 Å². The van der Waals surface area contributed by atoms with E-state index in [0.717, 1.165) is 45.3 Å². The highest BCUT2D eigenvalue weighted by Gasteiger charge is 2.26. The number of amides is 1. The van der Waals surface area contributed by atoms with E-state index in [1.165, 1.54) is 32.1 Å². The molecule has 1 saturated carbocycles. The lowest BCUT2D eigenvalue weighted by Gasteiger charge is -2.36. The number of hydrogen-bond donors (Lipinski definition) is 1. The predicted molar refractivity (Wildman–Crippen MR) is 79.1 cm³/mol. The highest BCUT2D eigenvalue weighted by Crippen LogP contribution is 2.27. The molecule has 0 spiro atoms. The summed E-state index contributed by atoms with van der Waals surface area (Å²) in [4.78, 5) is 14.8. The molecule has 1 heterocycles. The van der Waals surface area contributed by atoms with Crippen molar-refractivity contribution in [3.8, 4) is 0 Å². The van der Waals surface area contributed by atoms with Gasteiger partial charge in [0.15, 0.2) is 0 Å². The molecule has 110 valence electrons. The highest BCUT2D eigenvalue weighted by molar-refractivity contribution is 5.76. The summed E-state index contributed by atoms with van der Waals surface area (Å²) in [6, 6.07) is 0.497. The molecule has 19 heavy (non-hydrogen) atoms. The molecule has 1 aliphatic heterocycles. The Labute approximate surface area is 118 Å². The normalized spacial score (nSPS) is 22.4. The number of nitrogens with one attached hydrogen (secondary N) is 1. The topological polar surface area (TPSA) is 32.3 Å². The average Bonchev–Trinajstić information content (AvgIpc) is 2.46. The lowest BCUT2D eigenvalue weighted by Crippen LogP contribution is -2.46. The molecule has 2 rings (SSSR count). The first-order chi connectivity index (χ1) is 9.31. The smallest absolute Gasteiger partial charge is 0.223 e. The van der Waals surface area contributed by atoms with E-state index in [4.69, 9.17) is 0 Å². The maximum absolute atomic E-state index is 12.6. The monoisotopic (exact) mass is 266 g/mol. The van der Waals surface area contributed by atoms with Gasteiger partial charge in [-0.3, -0.25) is 4.79 Å². The molecule has 0 radical (unpaired) electrons. The molecule has 1 amide bonds. The zero-order valence-corrected chi connectivity index (χ0v) is 12.5. The Balaban J connectivity index is 1.87. The SMILES string of the molecule is CCCN(C(=O)CC1CCCCC1)C1CCNCC1. The standard InChI is InChI=1S/C16H30N2O/c1-2-12-18(15-8-10-17-11-9-15)16(19)13-14-6-4-3-5-7-14/h14-15,17H,2-13H2,1H3. The van der Waals surface area contributed by atoms with Gasteiger partial charge in [-0.15, -0.1) is 0 Å². The minimum absolute atomic E-state index is 0.431. The summed E-state index contributed by atoms with van der Waals surface area (Å²) in [5.74, 6) is 1.10. The van der Waals surface area contributed by atoms with Gasteiger partial charge in [0.2, 0.25) is 5.91 Å². The Morgan fingerprint density at radius 3 is 2.42 bits per heavy atom. The highest BCUT2D eigenvalue weighted by atomic mass is 16.2. The maximum Gasteiger partial charge on any atom is 0.223 e. The van der Waals surface area contributed by atoms with Gasteiger partial charge in [0, 0.05) is 19.0 Å². The average molecular weight is 266 g/mol. The molecule has 3 nitrogen and oxygen atoms in total. The van der Waals surface area contributed by atoms with E-state index in [0.29, 0.717) is 17.9 Å². The molecule has 0 aromatic rings. The fraction of sp³-hybridized carbons (Fsp3) is 0.938. The van der Waals surface area contributed by atoms with Crippen LogP contribution in [-0.4, -0.2) is 36.5 Å². The van der Waals surface area contributed by atoms with E-state index in [-0.39, 0.29) is 0 Å². The van der Waals surface area contributed by atoms with Crippen molar-refractivity contribution in [3.63, 3.8) is 0 Å². The van der Waals surface area contributed by atoms with Gasteiger partial charge in [0.05, 0.1) is 0 Å². The van der Waals surface area contributed by atoms with E-state index >= 15 is 0 Å². The molecule has 2 fully saturated rings. The minimum Gasteiger partial charge on any atom is -0.340 e. The maximum atomic E-state index is 12.6. The van der Waals surface area contributed by atoms with Crippen molar-refractivity contribution in [2.75, 3.05) is 19.6 Å². The van der Waals surface area contributed by atoms with Gasteiger partial charge in [0.25, 0.3) is 0 Å². The van der Waals surface area contributed by atoms with Crippen LogP contribution in [0.3, 0.4) is 0 Å². The van der Waals surface area contributed by atoms with Crippen LogP contribution in [0.1, 0.15) is 64.7 Å². The van der Waals surface area contributed by atoms with Crippen LogP contribution in [0.15, 0.2) is 0 Å². The van der Waals surface area contributed by atoms with E-state index < -0.39 is 0 Å². The zero-order valence-electron chi connectivity index (χ0n) is 12.5. The van der Waals surface area contributed by atoms with Gasteiger partial charge in [-0.1, -0.05) is 26.2 Å². The molecule has 0 aromatic carbocycles. The van der Waals surface area contributed by atoms with Crippen molar-refractivity contribution in [1.82, 2.24) is 10.2 Å². The molecule has 0 aromatic heterocycles. The number of nitrogens with zero attached hydrogens (tertiary/aromatic N) is 1. The summed E-state index contributed by atoms with van der Waals surface area (Å²) in [6.07, 6.45) is 10.8. The van der Waals surface area contributed by atoms with E-state index in [2.05, 4.69) is 17.1 Å². The summed E-state index contributed by atoms with van der Waals surface area (Å²) in [7, 11) is 0. The zero-order chi connectivity index (χ0) is 13.5. The van der Waals surface area contributed by atoms with E-state index in [1.807, 2.05) is 0 Å². The second-order valence-electron chi connectivity index (χ2n) is 6.28. The molecule has 0 bridgehead atoms. The summed E-state index contributed by atoms with van der Waals surface area (Å²) >= 11 is 0. The van der Waals surface area contributed by atoms with Crippen molar-refractivity contribution in [2.24, 2.45) is 5.92 Å². The van der Waals surface area contributed by atoms with Crippen LogP contribution in [0.4, 0.5) is 0 Å². The van der Waals surface area contributed by atoms with Crippen LogP contribution in [0.25, 0.3) is 0 Å². The van der Waals surface area contributed by atoms with Crippen LogP contribution in [-0.2, 0) is 4.79 Å². The van der Waals surface area contributed by atoms with Gasteiger partial charge >= 0.3 is 0 Å². The summed E-state index contributed by atoms with van der Waals surface area (Å²) < 4.78 is 0. The van der Waals surface area contributed by atoms with Gasteiger partial charge < -0.3 is 10.2 Å². The third-order valence-electron chi connectivity index (χ3n) is 4.72. The van der Waals surface area contributed by atoms with E-state index in [9.17, 15) is 4.79 Å². The van der Waals surface area contributed by atoms with Crippen molar-refractivity contribution in [1.29, 1.82) is 0 Å². The molecule has 1 N–H and O–H groups in total. The number of piperidine rings is 1. The lowest BCUT2D eigenvalue weighted by atomic mass is 9.86. The molecule has 0 atom stereocenters. The van der Waals surface area contributed by atoms with Crippen LogP contribution in [0, 0.1) is 5.92 Å². The third kappa shape index (κ3) is 4.48. The third-order valence-corrected chi connectivity index (χ3v) is 4.72. The molecule has 1 aliphatic carbocycles. The molecule has 0 unspecified atom stereocenters. The summed E-state index contributed by atoms with van der Waals surface area (Å²) in [5.41, 5.74) is 0. The van der Waals surface area contributed by atoms with Crippen molar-refractivity contribution in [3.05, 3.63) is 0 Å².